The molecule has 0 aromatic rings. The molecule has 1 atom stereocenters. The first-order chi connectivity index (χ1) is 9.63. The monoisotopic (exact) mass is 297 g/mol. The summed E-state index contributed by atoms with van der Waals surface area (Å²) >= 11 is 0. The van der Waals surface area contributed by atoms with E-state index in [1.54, 1.807) is 0 Å². The molecular formula is C18H35NO2. The van der Waals surface area contributed by atoms with Gasteiger partial charge in [0.05, 0.1) is 6.61 Å². The van der Waals surface area contributed by atoms with Crippen molar-refractivity contribution in [2.75, 3.05) is 26.3 Å². The van der Waals surface area contributed by atoms with Crippen LogP contribution in [0.5, 0.6) is 0 Å². The number of rotatable bonds is 7. The molecule has 0 saturated carbocycles. The highest BCUT2D eigenvalue weighted by molar-refractivity contribution is 5.76. The quantitative estimate of drug-likeness (QED) is 0.662. The number of hydrogen-bond acceptors (Lipinski definition) is 2. The lowest BCUT2D eigenvalue weighted by atomic mass is 9.70. The number of carbonyl (C=O) groups excluding carboxylic acids is 1. The summed E-state index contributed by atoms with van der Waals surface area (Å²) in [4.78, 5) is 14.1. The number of carbonyl (C=O) groups is 1. The van der Waals surface area contributed by atoms with Crippen molar-refractivity contribution < 1.29 is 9.53 Å². The van der Waals surface area contributed by atoms with E-state index in [-0.39, 0.29) is 10.8 Å². The SMILES string of the molecule is CC(CCOCC(C)(C)C(C)(C)C)CC(=O)N1CCCC1. The van der Waals surface area contributed by atoms with E-state index in [2.05, 4.69) is 41.5 Å². The van der Waals surface area contributed by atoms with Gasteiger partial charge in [0.2, 0.25) is 5.91 Å². The summed E-state index contributed by atoms with van der Waals surface area (Å²) in [6.07, 6.45) is 3.99. The number of hydrogen-bond donors (Lipinski definition) is 0. The Balaban J connectivity index is 2.18. The molecule has 1 aliphatic heterocycles. The van der Waals surface area contributed by atoms with Gasteiger partial charge < -0.3 is 9.64 Å². The molecule has 0 spiro atoms. The van der Waals surface area contributed by atoms with Crippen LogP contribution in [-0.4, -0.2) is 37.1 Å². The van der Waals surface area contributed by atoms with Crippen molar-refractivity contribution in [1.82, 2.24) is 4.90 Å². The number of amides is 1. The van der Waals surface area contributed by atoms with Gasteiger partial charge in [-0.15, -0.1) is 0 Å². The van der Waals surface area contributed by atoms with Crippen molar-refractivity contribution in [3.63, 3.8) is 0 Å². The Labute approximate surface area is 131 Å². The van der Waals surface area contributed by atoms with Crippen molar-refractivity contribution >= 4 is 5.91 Å². The van der Waals surface area contributed by atoms with Gasteiger partial charge >= 0.3 is 0 Å². The first kappa shape index (κ1) is 18.5. The maximum absolute atomic E-state index is 12.1. The van der Waals surface area contributed by atoms with Crippen LogP contribution in [0.2, 0.25) is 0 Å². The predicted octanol–water partition coefficient (Wildman–Crippen LogP) is 4.11. The molecule has 3 nitrogen and oxygen atoms in total. The summed E-state index contributed by atoms with van der Waals surface area (Å²) < 4.78 is 5.88. The highest BCUT2D eigenvalue weighted by Crippen LogP contribution is 2.37. The van der Waals surface area contributed by atoms with Gasteiger partial charge in [-0.2, -0.15) is 0 Å². The van der Waals surface area contributed by atoms with Crippen LogP contribution < -0.4 is 0 Å². The molecule has 1 aliphatic rings. The second-order valence-corrected chi connectivity index (χ2v) is 8.37. The standard InChI is InChI=1S/C18H35NO2/c1-15(13-16(20)19-10-7-8-11-19)9-12-21-14-18(5,6)17(2,3)4/h15H,7-14H2,1-6H3. The smallest absolute Gasteiger partial charge is 0.222 e. The van der Waals surface area contributed by atoms with E-state index in [0.29, 0.717) is 18.2 Å². The lowest BCUT2D eigenvalue weighted by Gasteiger charge is -2.38. The zero-order valence-corrected chi connectivity index (χ0v) is 15.0. The molecule has 0 aromatic carbocycles. The minimum atomic E-state index is 0.168. The summed E-state index contributed by atoms with van der Waals surface area (Å²) in [7, 11) is 0. The first-order valence-electron chi connectivity index (χ1n) is 8.49. The van der Waals surface area contributed by atoms with Crippen LogP contribution in [0.1, 0.15) is 67.2 Å². The molecule has 0 aliphatic carbocycles. The van der Waals surface area contributed by atoms with Crippen molar-refractivity contribution in [1.29, 1.82) is 0 Å². The Kier molecular flexibility index (Phi) is 6.71. The van der Waals surface area contributed by atoms with Crippen LogP contribution in [-0.2, 0) is 9.53 Å². The van der Waals surface area contributed by atoms with E-state index in [1.807, 2.05) is 4.90 Å². The summed E-state index contributed by atoms with van der Waals surface area (Å²) in [5.74, 6) is 0.742. The third-order valence-corrected chi connectivity index (χ3v) is 5.23. The fourth-order valence-electron chi connectivity index (χ4n) is 2.32. The van der Waals surface area contributed by atoms with E-state index in [0.717, 1.165) is 32.7 Å². The molecule has 1 heterocycles. The Hall–Kier alpha value is -0.570. The topological polar surface area (TPSA) is 29.5 Å². The molecule has 21 heavy (non-hydrogen) atoms. The average Bonchev–Trinajstić information content (AvgIpc) is 2.87. The third-order valence-electron chi connectivity index (χ3n) is 5.23. The van der Waals surface area contributed by atoms with Gasteiger partial charge in [-0.25, -0.2) is 0 Å². The molecule has 3 heteroatoms. The van der Waals surface area contributed by atoms with E-state index in [9.17, 15) is 4.79 Å². The van der Waals surface area contributed by atoms with E-state index in [4.69, 9.17) is 4.74 Å². The molecule has 1 saturated heterocycles. The van der Waals surface area contributed by atoms with Crippen LogP contribution >= 0.6 is 0 Å². The van der Waals surface area contributed by atoms with Gasteiger partial charge in [-0.1, -0.05) is 41.5 Å². The second kappa shape index (κ2) is 7.62. The molecule has 124 valence electrons. The minimum absolute atomic E-state index is 0.168. The van der Waals surface area contributed by atoms with Crippen molar-refractivity contribution in [2.45, 2.75) is 67.2 Å². The van der Waals surface area contributed by atoms with Crippen molar-refractivity contribution in [3.8, 4) is 0 Å². The van der Waals surface area contributed by atoms with Gasteiger partial charge in [0.25, 0.3) is 0 Å². The van der Waals surface area contributed by atoms with Crippen LogP contribution in [0, 0.1) is 16.7 Å². The average molecular weight is 297 g/mol. The fraction of sp³-hybridized carbons (Fsp3) is 0.944. The predicted molar refractivity (Wildman–Crippen MR) is 88.3 cm³/mol. The first-order valence-corrected chi connectivity index (χ1v) is 8.49. The van der Waals surface area contributed by atoms with E-state index < -0.39 is 0 Å². The minimum Gasteiger partial charge on any atom is -0.381 e. The summed E-state index contributed by atoms with van der Waals surface area (Å²) in [6, 6.07) is 0. The maximum Gasteiger partial charge on any atom is 0.222 e. The fourth-order valence-corrected chi connectivity index (χ4v) is 2.32. The van der Waals surface area contributed by atoms with Gasteiger partial charge in [-0.3, -0.25) is 4.79 Å². The van der Waals surface area contributed by atoms with E-state index >= 15 is 0 Å². The number of likely N-dealkylation sites (tertiary alicyclic amines) is 1. The van der Waals surface area contributed by atoms with Crippen LogP contribution in [0.4, 0.5) is 0 Å². The summed E-state index contributed by atoms with van der Waals surface area (Å²) in [6.45, 7) is 16.9. The lowest BCUT2D eigenvalue weighted by Crippen LogP contribution is -2.34. The van der Waals surface area contributed by atoms with Crippen LogP contribution in [0.15, 0.2) is 0 Å². The van der Waals surface area contributed by atoms with E-state index in [1.165, 1.54) is 12.8 Å². The molecule has 1 amide bonds. The number of ether oxygens (including phenoxy) is 1. The maximum atomic E-state index is 12.1. The van der Waals surface area contributed by atoms with Gasteiger partial charge in [0, 0.05) is 26.1 Å². The molecule has 0 radical (unpaired) electrons. The van der Waals surface area contributed by atoms with Crippen molar-refractivity contribution in [2.24, 2.45) is 16.7 Å². The van der Waals surface area contributed by atoms with Crippen LogP contribution in [0.3, 0.4) is 0 Å². The normalized spacial score (nSPS) is 18.1. The second-order valence-electron chi connectivity index (χ2n) is 8.37. The Bertz CT molecular complexity index is 325. The van der Waals surface area contributed by atoms with Gasteiger partial charge in [0.1, 0.15) is 0 Å². The molecule has 1 unspecified atom stereocenters. The largest absolute Gasteiger partial charge is 0.381 e. The van der Waals surface area contributed by atoms with Crippen LogP contribution in [0.25, 0.3) is 0 Å². The summed E-state index contributed by atoms with van der Waals surface area (Å²) in [5.41, 5.74) is 0.409. The molecule has 0 bridgehead atoms. The third kappa shape index (κ3) is 5.98. The lowest BCUT2D eigenvalue weighted by molar-refractivity contribution is -0.131. The Morgan fingerprint density at radius 1 is 1.14 bits per heavy atom. The molecule has 1 fully saturated rings. The Morgan fingerprint density at radius 2 is 1.71 bits per heavy atom. The summed E-state index contributed by atoms with van der Waals surface area (Å²) in [5, 5.41) is 0. The zero-order chi connectivity index (χ0) is 16.1. The molecule has 1 rings (SSSR count). The number of nitrogens with zero attached hydrogens (tertiary/aromatic N) is 1. The molecular weight excluding hydrogens is 262 g/mol. The molecule has 0 aromatic heterocycles. The zero-order valence-electron chi connectivity index (χ0n) is 15.0. The highest BCUT2D eigenvalue weighted by atomic mass is 16.5. The van der Waals surface area contributed by atoms with Gasteiger partial charge in [-0.05, 0) is 36.0 Å². The highest BCUT2D eigenvalue weighted by Gasteiger charge is 2.32. The van der Waals surface area contributed by atoms with Crippen molar-refractivity contribution in [3.05, 3.63) is 0 Å². The molecule has 0 N–H and O–H groups in total. The Morgan fingerprint density at radius 3 is 2.24 bits per heavy atom. The van der Waals surface area contributed by atoms with Gasteiger partial charge in [0.15, 0.2) is 0 Å².